The molecule has 102 valence electrons. The van der Waals surface area contributed by atoms with Gasteiger partial charge in [-0.05, 0) is 19.8 Å². The van der Waals surface area contributed by atoms with Crippen molar-refractivity contribution in [2.75, 3.05) is 13.1 Å². The van der Waals surface area contributed by atoms with E-state index in [1.165, 1.54) is 11.0 Å². The first-order chi connectivity index (χ1) is 8.33. The van der Waals surface area contributed by atoms with Crippen LogP contribution in [0.3, 0.4) is 0 Å². The molecule has 0 fully saturated rings. The molecule has 0 saturated heterocycles. The molecule has 0 bridgehead atoms. The van der Waals surface area contributed by atoms with Crippen molar-refractivity contribution in [2.24, 2.45) is 5.92 Å². The molecule has 0 aromatic carbocycles. The quantitative estimate of drug-likeness (QED) is 0.402. The largest absolute Gasteiger partial charge is 0.481 e. The zero-order chi connectivity index (χ0) is 14.3. The topological polar surface area (TPSA) is 94.9 Å². The number of amides is 1. The fourth-order valence-electron chi connectivity index (χ4n) is 1.53. The van der Waals surface area contributed by atoms with Gasteiger partial charge in [-0.1, -0.05) is 13.0 Å². The van der Waals surface area contributed by atoms with E-state index < -0.39 is 23.8 Å². The summed E-state index contributed by atoms with van der Waals surface area (Å²) in [6.07, 6.45) is 0.999. The fraction of sp³-hybridized carbons (Fsp3) is 0.583. The van der Waals surface area contributed by atoms with Crippen LogP contribution < -0.4 is 0 Å². The van der Waals surface area contributed by atoms with Crippen molar-refractivity contribution in [3.8, 4) is 0 Å². The van der Waals surface area contributed by atoms with E-state index in [4.69, 9.17) is 10.2 Å². The van der Waals surface area contributed by atoms with Gasteiger partial charge in [-0.2, -0.15) is 0 Å². The second-order valence-electron chi connectivity index (χ2n) is 3.94. The van der Waals surface area contributed by atoms with Crippen LogP contribution in [-0.2, 0) is 14.4 Å². The predicted molar refractivity (Wildman–Crippen MR) is 65.1 cm³/mol. The van der Waals surface area contributed by atoms with Crippen molar-refractivity contribution in [3.63, 3.8) is 0 Å². The molecule has 0 aliphatic rings. The standard InChI is InChI=1S/C12H19NO5/c1-4-13(5-2)11(16)9(12(17)18)6-8(3)7-10(14)15/h6,8H,4-5,7H2,1-3H3,(H,14,15)(H,17,18). The van der Waals surface area contributed by atoms with Crippen LogP contribution in [0, 0.1) is 5.92 Å². The maximum Gasteiger partial charge on any atom is 0.341 e. The molecule has 1 unspecified atom stereocenters. The summed E-state index contributed by atoms with van der Waals surface area (Å²) in [5, 5.41) is 17.6. The van der Waals surface area contributed by atoms with Crippen molar-refractivity contribution in [1.82, 2.24) is 4.90 Å². The number of nitrogens with zero attached hydrogens (tertiary/aromatic N) is 1. The molecule has 0 aromatic heterocycles. The molecule has 0 aromatic rings. The van der Waals surface area contributed by atoms with Crippen molar-refractivity contribution in [2.45, 2.75) is 27.2 Å². The number of carbonyl (C=O) groups is 3. The molecule has 0 radical (unpaired) electrons. The molecule has 1 amide bonds. The fourth-order valence-corrected chi connectivity index (χ4v) is 1.53. The van der Waals surface area contributed by atoms with Gasteiger partial charge in [-0.25, -0.2) is 4.79 Å². The Labute approximate surface area is 106 Å². The van der Waals surface area contributed by atoms with Gasteiger partial charge < -0.3 is 15.1 Å². The predicted octanol–water partition coefficient (Wildman–Crippen LogP) is 0.977. The number of likely N-dealkylation sites (N-methyl/N-ethyl adjacent to an activating group) is 1. The third-order valence-corrected chi connectivity index (χ3v) is 2.46. The molecule has 0 aliphatic heterocycles. The van der Waals surface area contributed by atoms with Crippen LogP contribution in [0.5, 0.6) is 0 Å². The smallest absolute Gasteiger partial charge is 0.341 e. The Kier molecular flexibility index (Phi) is 6.70. The molecule has 2 N–H and O–H groups in total. The minimum atomic E-state index is -1.33. The van der Waals surface area contributed by atoms with E-state index in [0.29, 0.717) is 13.1 Å². The Morgan fingerprint density at radius 2 is 1.67 bits per heavy atom. The molecule has 6 heteroatoms. The second-order valence-corrected chi connectivity index (χ2v) is 3.94. The first kappa shape index (κ1) is 16.1. The molecule has 0 aliphatic carbocycles. The first-order valence-corrected chi connectivity index (χ1v) is 5.79. The minimum Gasteiger partial charge on any atom is -0.481 e. The summed E-state index contributed by atoms with van der Waals surface area (Å²) < 4.78 is 0. The number of hydrogen-bond donors (Lipinski definition) is 2. The average Bonchev–Trinajstić information content (AvgIpc) is 2.25. The van der Waals surface area contributed by atoms with Gasteiger partial charge in [0.15, 0.2) is 0 Å². The number of hydrogen-bond acceptors (Lipinski definition) is 3. The Bertz CT molecular complexity index is 357. The summed E-state index contributed by atoms with van der Waals surface area (Å²) in [6.45, 7) is 5.89. The van der Waals surface area contributed by atoms with Crippen molar-refractivity contribution in [1.29, 1.82) is 0 Å². The number of carboxylic acid groups (broad SMARTS) is 2. The molecular weight excluding hydrogens is 238 g/mol. The third-order valence-electron chi connectivity index (χ3n) is 2.46. The SMILES string of the molecule is CCN(CC)C(=O)C(=CC(C)CC(=O)O)C(=O)O. The van der Waals surface area contributed by atoms with Crippen molar-refractivity contribution >= 4 is 17.8 Å². The van der Waals surface area contributed by atoms with Crippen LogP contribution in [-0.4, -0.2) is 46.0 Å². The van der Waals surface area contributed by atoms with E-state index in [1.807, 2.05) is 0 Å². The second kappa shape index (κ2) is 7.47. The van der Waals surface area contributed by atoms with Gasteiger partial charge in [-0.3, -0.25) is 9.59 Å². The lowest BCUT2D eigenvalue weighted by Crippen LogP contribution is -2.34. The monoisotopic (exact) mass is 257 g/mol. The van der Waals surface area contributed by atoms with Gasteiger partial charge in [0.1, 0.15) is 5.57 Å². The summed E-state index contributed by atoms with van der Waals surface area (Å²) in [5.74, 6) is -3.44. The lowest BCUT2D eigenvalue weighted by Gasteiger charge is -2.19. The highest BCUT2D eigenvalue weighted by molar-refractivity contribution is 6.15. The number of aliphatic carboxylic acids is 2. The van der Waals surface area contributed by atoms with Gasteiger partial charge in [0.2, 0.25) is 0 Å². The van der Waals surface area contributed by atoms with Crippen LogP contribution in [0.2, 0.25) is 0 Å². The van der Waals surface area contributed by atoms with E-state index in [0.717, 1.165) is 0 Å². The maximum atomic E-state index is 11.9. The number of allylic oxidation sites excluding steroid dienone is 1. The molecule has 0 spiro atoms. The Hall–Kier alpha value is -1.85. The molecule has 0 heterocycles. The molecule has 0 rings (SSSR count). The number of carbonyl (C=O) groups excluding carboxylic acids is 1. The van der Waals surface area contributed by atoms with E-state index in [9.17, 15) is 14.4 Å². The third kappa shape index (κ3) is 4.99. The van der Waals surface area contributed by atoms with Crippen LogP contribution in [0.15, 0.2) is 11.6 Å². The lowest BCUT2D eigenvalue weighted by molar-refractivity contribution is -0.139. The Morgan fingerprint density at radius 3 is 2.00 bits per heavy atom. The summed E-state index contributed by atoms with van der Waals surface area (Å²) in [7, 11) is 0. The van der Waals surface area contributed by atoms with Gasteiger partial charge in [0, 0.05) is 13.1 Å². The number of carboxylic acids is 2. The normalized spacial score (nSPS) is 12.9. The van der Waals surface area contributed by atoms with E-state index in [2.05, 4.69) is 0 Å². The zero-order valence-electron chi connectivity index (χ0n) is 10.8. The summed E-state index contributed by atoms with van der Waals surface area (Å²) >= 11 is 0. The molecule has 6 nitrogen and oxygen atoms in total. The van der Waals surface area contributed by atoms with Crippen LogP contribution in [0.25, 0.3) is 0 Å². The van der Waals surface area contributed by atoms with Crippen LogP contribution >= 0.6 is 0 Å². The highest BCUT2D eigenvalue weighted by atomic mass is 16.4. The van der Waals surface area contributed by atoms with Crippen molar-refractivity contribution < 1.29 is 24.6 Å². The maximum absolute atomic E-state index is 11.9. The first-order valence-electron chi connectivity index (χ1n) is 5.79. The Morgan fingerprint density at radius 1 is 1.17 bits per heavy atom. The van der Waals surface area contributed by atoms with E-state index in [-0.39, 0.29) is 12.0 Å². The average molecular weight is 257 g/mol. The van der Waals surface area contributed by atoms with E-state index in [1.54, 1.807) is 20.8 Å². The van der Waals surface area contributed by atoms with Gasteiger partial charge in [0.25, 0.3) is 5.91 Å². The summed E-state index contributed by atoms with van der Waals surface area (Å²) in [4.78, 5) is 34.8. The van der Waals surface area contributed by atoms with Gasteiger partial charge >= 0.3 is 11.9 Å². The summed E-state index contributed by atoms with van der Waals surface area (Å²) in [6, 6.07) is 0. The zero-order valence-corrected chi connectivity index (χ0v) is 10.8. The molecule has 0 saturated carbocycles. The molecule has 18 heavy (non-hydrogen) atoms. The summed E-state index contributed by atoms with van der Waals surface area (Å²) in [5.41, 5.74) is -0.368. The highest BCUT2D eigenvalue weighted by Gasteiger charge is 2.22. The minimum absolute atomic E-state index is 0.206. The number of rotatable bonds is 7. The lowest BCUT2D eigenvalue weighted by atomic mass is 10.0. The van der Waals surface area contributed by atoms with Crippen molar-refractivity contribution in [3.05, 3.63) is 11.6 Å². The van der Waals surface area contributed by atoms with E-state index >= 15 is 0 Å². The van der Waals surface area contributed by atoms with Crippen LogP contribution in [0.1, 0.15) is 27.2 Å². The Balaban J connectivity index is 5.07. The highest BCUT2D eigenvalue weighted by Crippen LogP contribution is 2.11. The molecular formula is C12H19NO5. The van der Waals surface area contributed by atoms with Gasteiger partial charge in [-0.15, -0.1) is 0 Å². The van der Waals surface area contributed by atoms with Gasteiger partial charge in [0.05, 0.1) is 6.42 Å². The molecule has 1 atom stereocenters. The van der Waals surface area contributed by atoms with Crippen LogP contribution in [0.4, 0.5) is 0 Å².